The van der Waals surface area contributed by atoms with E-state index >= 15 is 0 Å². The number of ether oxygens (including phenoxy) is 1. The van der Waals surface area contributed by atoms with Gasteiger partial charge in [0.1, 0.15) is 11.3 Å². The van der Waals surface area contributed by atoms with E-state index in [-0.39, 0.29) is 11.5 Å². The van der Waals surface area contributed by atoms with E-state index in [0.29, 0.717) is 30.2 Å². The van der Waals surface area contributed by atoms with Crippen molar-refractivity contribution < 1.29 is 13.9 Å². The molecule has 0 atom stereocenters. The fourth-order valence-corrected chi connectivity index (χ4v) is 4.10. The molecule has 4 rings (SSSR count). The zero-order valence-electron chi connectivity index (χ0n) is 17.6. The molecule has 2 saturated heterocycles. The molecule has 160 valence electrons. The Morgan fingerprint density at radius 3 is 2.37 bits per heavy atom. The van der Waals surface area contributed by atoms with Crippen molar-refractivity contribution in [2.75, 3.05) is 56.7 Å². The first kappa shape index (κ1) is 20.6. The van der Waals surface area contributed by atoms with Crippen molar-refractivity contribution in [1.29, 1.82) is 0 Å². The normalized spacial score (nSPS) is 18.4. The molecule has 1 aromatic heterocycles. The van der Waals surface area contributed by atoms with Crippen molar-refractivity contribution in [2.45, 2.75) is 25.7 Å². The highest BCUT2D eigenvalue weighted by Crippen LogP contribution is 2.27. The molecular formula is C23H29N3O4. The van der Waals surface area contributed by atoms with Crippen molar-refractivity contribution in [3.05, 3.63) is 57.6 Å². The summed E-state index contributed by atoms with van der Waals surface area (Å²) in [4.78, 5) is 30.0. The summed E-state index contributed by atoms with van der Waals surface area (Å²) in [7, 11) is 2.13. The van der Waals surface area contributed by atoms with Gasteiger partial charge in [-0.25, -0.2) is 4.79 Å². The van der Waals surface area contributed by atoms with Crippen LogP contribution in [0.5, 0.6) is 0 Å². The van der Waals surface area contributed by atoms with E-state index in [4.69, 9.17) is 9.15 Å². The second-order valence-electron chi connectivity index (χ2n) is 8.17. The molecule has 0 unspecified atom stereocenters. The number of benzene rings is 1. The van der Waals surface area contributed by atoms with Gasteiger partial charge in [-0.15, -0.1) is 0 Å². The standard InChI is InChI=1S/C23H29N3O4/c1-16-15-20(17-7-13-29-14-8-17)30-23(28)21(16)22(27)24-18-3-5-19(6-4-18)26-11-9-25(2)10-12-26/h3-6,15,17H,7-14H2,1-2H3,(H,24,27). The van der Waals surface area contributed by atoms with Crippen LogP contribution in [0.2, 0.25) is 0 Å². The summed E-state index contributed by atoms with van der Waals surface area (Å²) >= 11 is 0. The molecule has 2 aliphatic heterocycles. The maximum atomic E-state index is 12.8. The van der Waals surface area contributed by atoms with Crippen LogP contribution < -0.4 is 15.8 Å². The first-order valence-electron chi connectivity index (χ1n) is 10.6. The van der Waals surface area contributed by atoms with Gasteiger partial charge in [-0.2, -0.15) is 0 Å². The Bertz CT molecular complexity index is 940. The number of nitrogens with one attached hydrogen (secondary N) is 1. The van der Waals surface area contributed by atoms with Crippen molar-refractivity contribution in [3.8, 4) is 0 Å². The molecule has 0 saturated carbocycles. The van der Waals surface area contributed by atoms with E-state index in [1.807, 2.05) is 30.3 Å². The van der Waals surface area contributed by atoms with Crippen LogP contribution >= 0.6 is 0 Å². The van der Waals surface area contributed by atoms with E-state index < -0.39 is 11.5 Å². The first-order valence-corrected chi connectivity index (χ1v) is 10.6. The minimum Gasteiger partial charge on any atom is -0.427 e. The maximum absolute atomic E-state index is 12.8. The average Bonchev–Trinajstić information content (AvgIpc) is 2.75. The Morgan fingerprint density at radius 1 is 1.07 bits per heavy atom. The molecule has 30 heavy (non-hydrogen) atoms. The molecule has 1 amide bonds. The van der Waals surface area contributed by atoms with Gasteiger partial charge in [0.25, 0.3) is 5.91 Å². The first-order chi connectivity index (χ1) is 14.5. The minimum absolute atomic E-state index is 0.0638. The highest BCUT2D eigenvalue weighted by Gasteiger charge is 2.23. The number of aryl methyl sites for hydroxylation is 1. The van der Waals surface area contributed by atoms with Gasteiger partial charge in [-0.05, 0) is 62.7 Å². The molecule has 3 heterocycles. The smallest absolute Gasteiger partial charge is 0.349 e. The molecule has 7 nitrogen and oxygen atoms in total. The van der Waals surface area contributed by atoms with E-state index in [9.17, 15) is 9.59 Å². The third-order valence-electron chi connectivity index (χ3n) is 6.01. The number of piperazine rings is 1. The van der Waals surface area contributed by atoms with E-state index in [1.165, 1.54) is 0 Å². The van der Waals surface area contributed by atoms with E-state index in [0.717, 1.165) is 44.7 Å². The largest absolute Gasteiger partial charge is 0.427 e. The van der Waals surface area contributed by atoms with Crippen LogP contribution in [0, 0.1) is 6.92 Å². The number of amides is 1. The molecule has 0 aliphatic carbocycles. The maximum Gasteiger partial charge on any atom is 0.349 e. The van der Waals surface area contributed by atoms with Crippen LogP contribution in [0.15, 0.2) is 39.5 Å². The number of nitrogens with zero attached hydrogens (tertiary/aromatic N) is 2. The summed E-state index contributed by atoms with van der Waals surface area (Å²) < 4.78 is 10.9. The van der Waals surface area contributed by atoms with Crippen molar-refractivity contribution in [1.82, 2.24) is 4.90 Å². The lowest BCUT2D eigenvalue weighted by molar-refractivity contribution is 0.0796. The highest BCUT2D eigenvalue weighted by atomic mass is 16.5. The van der Waals surface area contributed by atoms with Gasteiger partial charge in [0.05, 0.1) is 0 Å². The molecule has 0 spiro atoms. The third kappa shape index (κ3) is 4.57. The van der Waals surface area contributed by atoms with Gasteiger partial charge in [0.2, 0.25) is 0 Å². The van der Waals surface area contributed by atoms with Gasteiger partial charge in [0.15, 0.2) is 0 Å². The topological polar surface area (TPSA) is 75.0 Å². The fraction of sp³-hybridized carbons (Fsp3) is 0.478. The van der Waals surface area contributed by atoms with Crippen LogP contribution in [0.3, 0.4) is 0 Å². The number of anilines is 2. The Balaban J connectivity index is 1.45. The summed E-state index contributed by atoms with van der Waals surface area (Å²) in [5.74, 6) is 0.380. The average molecular weight is 412 g/mol. The Morgan fingerprint density at radius 2 is 1.73 bits per heavy atom. The molecule has 0 bridgehead atoms. The zero-order valence-corrected chi connectivity index (χ0v) is 17.6. The monoisotopic (exact) mass is 411 g/mol. The van der Waals surface area contributed by atoms with Crippen molar-refractivity contribution in [2.24, 2.45) is 0 Å². The molecule has 1 N–H and O–H groups in total. The molecule has 1 aromatic carbocycles. The molecule has 2 fully saturated rings. The second-order valence-corrected chi connectivity index (χ2v) is 8.17. The van der Waals surface area contributed by atoms with Gasteiger partial charge in [0, 0.05) is 56.7 Å². The number of rotatable bonds is 4. The lowest BCUT2D eigenvalue weighted by atomic mass is 9.95. The minimum atomic E-state index is -0.581. The van der Waals surface area contributed by atoms with Crippen molar-refractivity contribution >= 4 is 17.3 Å². The predicted molar refractivity (Wildman–Crippen MR) is 117 cm³/mol. The van der Waals surface area contributed by atoms with Gasteiger partial charge in [-0.3, -0.25) is 4.79 Å². The fourth-order valence-electron chi connectivity index (χ4n) is 4.10. The van der Waals surface area contributed by atoms with Crippen LogP contribution in [0.25, 0.3) is 0 Å². The SMILES string of the molecule is Cc1cc(C2CCOCC2)oc(=O)c1C(=O)Nc1ccc(N2CCN(C)CC2)cc1. The molecule has 2 aliphatic rings. The lowest BCUT2D eigenvalue weighted by Gasteiger charge is -2.34. The number of likely N-dealkylation sites (N-methyl/N-ethyl adjacent to an activating group) is 1. The second kappa shape index (κ2) is 9.02. The lowest BCUT2D eigenvalue weighted by Crippen LogP contribution is -2.44. The Labute approximate surface area is 176 Å². The Kier molecular flexibility index (Phi) is 6.20. The summed E-state index contributed by atoms with van der Waals surface area (Å²) in [5, 5.41) is 2.83. The summed E-state index contributed by atoms with van der Waals surface area (Å²) in [6.07, 6.45) is 1.65. The van der Waals surface area contributed by atoms with E-state index in [1.54, 1.807) is 6.92 Å². The van der Waals surface area contributed by atoms with Crippen LogP contribution in [-0.2, 0) is 4.74 Å². The van der Waals surface area contributed by atoms with Gasteiger partial charge in [-0.1, -0.05) is 0 Å². The van der Waals surface area contributed by atoms with Crippen molar-refractivity contribution in [3.63, 3.8) is 0 Å². The molecular weight excluding hydrogens is 382 g/mol. The number of carbonyl (C=O) groups excluding carboxylic acids is 1. The molecule has 2 aromatic rings. The summed E-state index contributed by atoms with van der Waals surface area (Å²) in [6, 6.07) is 9.58. The Hall–Kier alpha value is -2.64. The third-order valence-corrected chi connectivity index (χ3v) is 6.01. The van der Waals surface area contributed by atoms with Crippen LogP contribution in [0.1, 0.15) is 40.4 Å². The molecule has 7 heteroatoms. The quantitative estimate of drug-likeness (QED) is 0.834. The van der Waals surface area contributed by atoms with Gasteiger partial charge >= 0.3 is 5.63 Å². The summed E-state index contributed by atoms with van der Waals surface area (Å²) in [5.41, 5.74) is 1.92. The van der Waals surface area contributed by atoms with Crippen LogP contribution in [0.4, 0.5) is 11.4 Å². The predicted octanol–water partition coefficient (Wildman–Crippen LogP) is 2.85. The van der Waals surface area contributed by atoms with Crippen LogP contribution in [-0.4, -0.2) is 57.2 Å². The van der Waals surface area contributed by atoms with E-state index in [2.05, 4.69) is 22.2 Å². The number of hydrogen-bond acceptors (Lipinski definition) is 6. The van der Waals surface area contributed by atoms with Gasteiger partial charge < -0.3 is 24.3 Å². The highest BCUT2D eigenvalue weighted by molar-refractivity contribution is 6.04. The number of carbonyl (C=O) groups is 1. The molecule has 0 radical (unpaired) electrons. The zero-order chi connectivity index (χ0) is 21.1. The summed E-state index contributed by atoms with van der Waals surface area (Å²) in [6.45, 7) is 7.17. The number of hydrogen-bond donors (Lipinski definition) is 1.